The lowest BCUT2D eigenvalue weighted by atomic mass is 9.78. The van der Waals surface area contributed by atoms with Crippen LogP contribution < -0.4 is 0 Å². The molecule has 23 heavy (non-hydrogen) atoms. The Labute approximate surface area is 139 Å². The maximum Gasteiger partial charge on any atom is 0.0722 e. The Balaban J connectivity index is 2.05. The molecule has 0 bridgehead atoms. The number of aliphatic hydroxyl groups is 1. The van der Waals surface area contributed by atoms with Crippen molar-refractivity contribution in [1.29, 1.82) is 0 Å². The van der Waals surface area contributed by atoms with Crippen molar-refractivity contribution >= 4 is 11.6 Å². The molecule has 0 saturated heterocycles. The molecular weight excluding hydrogens is 280 g/mol. The van der Waals surface area contributed by atoms with Crippen molar-refractivity contribution in [2.75, 3.05) is 0 Å². The van der Waals surface area contributed by atoms with Crippen LogP contribution in [0.15, 0.2) is 48.5 Å². The number of hydrogen-bond donors (Lipinski definition) is 1. The van der Waals surface area contributed by atoms with Crippen LogP contribution in [0, 0.1) is 0 Å². The van der Waals surface area contributed by atoms with Crippen molar-refractivity contribution in [3.8, 4) is 0 Å². The number of fused-ring (bicyclic) bond motifs is 1. The molecule has 1 heteroatoms. The van der Waals surface area contributed by atoms with E-state index in [1.165, 1.54) is 27.8 Å². The Morgan fingerprint density at radius 1 is 0.913 bits per heavy atom. The van der Waals surface area contributed by atoms with Crippen LogP contribution in [0.1, 0.15) is 56.9 Å². The van der Waals surface area contributed by atoms with Crippen LogP contribution in [-0.4, -0.2) is 11.2 Å². The minimum Gasteiger partial charge on any atom is -0.391 e. The molecule has 2 aromatic carbocycles. The lowest BCUT2D eigenvalue weighted by Gasteiger charge is -2.31. The van der Waals surface area contributed by atoms with E-state index in [1.807, 2.05) is 6.07 Å². The van der Waals surface area contributed by atoms with Gasteiger partial charge in [-0.1, -0.05) is 82.3 Å². The molecule has 0 amide bonds. The number of allylic oxidation sites excluding steroid dienone is 1. The summed E-state index contributed by atoms with van der Waals surface area (Å²) in [5, 5.41) is 10.7. The molecule has 1 unspecified atom stereocenters. The lowest BCUT2D eigenvalue weighted by molar-refractivity contribution is 0.0566. The summed E-state index contributed by atoms with van der Waals surface area (Å²) in [6.45, 7) is 10.7. The first kappa shape index (κ1) is 16.0. The molecule has 3 rings (SSSR count). The quantitative estimate of drug-likeness (QED) is 0.758. The molecular formula is C22H26O. The third-order valence-corrected chi connectivity index (χ3v) is 5.41. The summed E-state index contributed by atoms with van der Waals surface area (Å²) in [7, 11) is 0. The van der Waals surface area contributed by atoms with E-state index in [9.17, 15) is 5.11 Å². The Morgan fingerprint density at radius 2 is 1.52 bits per heavy atom. The monoisotopic (exact) mass is 306 g/mol. The SMILES string of the molecule is CC(=Cc1ccc2c(c1)C(C)(C)C(O)C2(C)C)c1ccccc1. The van der Waals surface area contributed by atoms with Crippen LogP contribution in [0.3, 0.4) is 0 Å². The van der Waals surface area contributed by atoms with Crippen LogP contribution in [0.5, 0.6) is 0 Å². The summed E-state index contributed by atoms with van der Waals surface area (Å²) in [5.74, 6) is 0. The molecule has 0 heterocycles. The zero-order valence-corrected chi connectivity index (χ0v) is 14.7. The van der Waals surface area contributed by atoms with Crippen LogP contribution in [0.25, 0.3) is 11.6 Å². The largest absolute Gasteiger partial charge is 0.391 e. The van der Waals surface area contributed by atoms with Crippen molar-refractivity contribution in [1.82, 2.24) is 0 Å². The molecule has 2 aromatic rings. The Bertz CT molecular complexity index is 751. The van der Waals surface area contributed by atoms with Gasteiger partial charge in [-0.25, -0.2) is 0 Å². The average molecular weight is 306 g/mol. The van der Waals surface area contributed by atoms with Gasteiger partial charge in [-0.05, 0) is 34.8 Å². The van der Waals surface area contributed by atoms with E-state index in [-0.39, 0.29) is 16.9 Å². The molecule has 1 N–H and O–H groups in total. The normalized spacial score (nSPS) is 22.0. The molecule has 0 aliphatic heterocycles. The van der Waals surface area contributed by atoms with Gasteiger partial charge in [0.2, 0.25) is 0 Å². The highest BCUT2D eigenvalue weighted by molar-refractivity contribution is 5.80. The van der Waals surface area contributed by atoms with Crippen molar-refractivity contribution in [2.45, 2.75) is 51.6 Å². The van der Waals surface area contributed by atoms with E-state index >= 15 is 0 Å². The predicted molar refractivity (Wildman–Crippen MR) is 98.5 cm³/mol. The van der Waals surface area contributed by atoms with E-state index in [4.69, 9.17) is 0 Å². The molecule has 0 aromatic heterocycles. The van der Waals surface area contributed by atoms with Crippen molar-refractivity contribution < 1.29 is 5.11 Å². The van der Waals surface area contributed by atoms with Crippen LogP contribution in [0.4, 0.5) is 0 Å². The van der Waals surface area contributed by atoms with Crippen molar-refractivity contribution in [3.05, 3.63) is 70.8 Å². The molecule has 0 spiro atoms. The predicted octanol–water partition coefficient (Wildman–Crippen LogP) is 5.18. The standard InChI is InChI=1S/C22H26O/c1-15(17-9-7-6-8-10-17)13-16-11-12-18-19(14-16)22(4,5)20(23)21(18,2)3/h6-14,20,23H,1-5H3. The highest BCUT2D eigenvalue weighted by Crippen LogP contribution is 2.49. The summed E-state index contributed by atoms with van der Waals surface area (Å²) in [5.41, 5.74) is 5.81. The Morgan fingerprint density at radius 3 is 2.17 bits per heavy atom. The van der Waals surface area contributed by atoms with Crippen molar-refractivity contribution in [2.24, 2.45) is 0 Å². The fraction of sp³-hybridized carbons (Fsp3) is 0.364. The fourth-order valence-corrected chi connectivity index (χ4v) is 3.98. The first-order chi connectivity index (χ1) is 10.7. The minimum atomic E-state index is -0.362. The van der Waals surface area contributed by atoms with Gasteiger partial charge in [0.25, 0.3) is 0 Å². The summed E-state index contributed by atoms with van der Waals surface area (Å²) >= 11 is 0. The molecule has 0 radical (unpaired) electrons. The van der Waals surface area contributed by atoms with Gasteiger partial charge in [-0.15, -0.1) is 0 Å². The summed E-state index contributed by atoms with van der Waals surface area (Å²) in [6, 6.07) is 17.1. The van der Waals surface area contributed by atoms with Gasteiger partial charge in [0.15, 0.2) is 0 Å². The van der Waals surface area contributed by atoms with Crippen LogP contribution in [-0.2, 0) is 10.8 Å². The second-order valence-corrected chi connectivity index (χ2v) is 7.84. The van der Waals surface area contributed by atoms with E-state index in [0.29, 0.717) is 0 Å². The highest BCUT2D eigenvalue weighted by atomic mass is 16.3. The molecule has 120 valence electrons. The molecule has 1 aliphatic rings. The number of benzene rings is 2. The fourth-order valence-electron chi connectivity index (χ4n) is 3.98. The van der Waals surface area contributed by atoms with Crippen LogP contribution in [0.2, 0.25) is 0 Å². The third-order valence-electron chi connectivity index (χ3n) is 5.41. The second kappa shape index (κ2) is 5.35. The Hall–Kier alpha value is -1.86. The van der Waals surface area contributed by atoms with Gasteiger partial charge < -0.3 is 5.11 Å². The smallest absolute Gasteiger partial charge is 0.0722 e. The zero-order valence-electron chi connectivity index (χ0n) is 14.7. The van der Waals surface area contributed by atoms with Gasteiger partial charge in [-0.2, -0.15) is 0 Å². The Kier molecular flexibility index (Phi) is 3.72. The van der Waals surface area contributed by atoms with Gasteiger partial charge in [0, 0.05) is 10.8 Å². The van der Waals surface area contributed by atoms with E-state index in [1.54, 1.807) is 0 Å². The average Bonchev–Trinajstić information content (AvgIpc) is 2.66. The zero-order chi connectivity index (χ0) is 16.8. The van der Waals surface area contributed by atoms with Crippen molar-refractivity contribution in [3.63, 3.8) is 0 Å². The summed E-state index contributed by atoms with van der Waals surface area (Å²) < 4.78 is 0. The van der Waals surface area contributed by atoms with Gasteiger partial charge in [-0.3, -0.25) is 0 Å². The number of hydrogen-bond acceptors (Lipinski definition) is 1. The van der Waals surface area contributed by atoms with E-state index in [0.717, 1.165) is 0 Å². The topological polar surface area (TPSA) is 20.2 Å². The third kappa shape index (κ3) is 2.53. The maximum atomic E-state index is 10.7. The van der Waals surface area contributed by atoms with E-state index < -0.39 is 0 Å². The van der Waals surface area contributed by atoms with Crippen LogP contribution >= 0.6 is 0 Å². The molecule has 1 atom stereocenters. The molecule has 0 saturated carbocycles. The maximum absolute atomic E-state index is 10.7. The summed E-state index contributed by atoms with van der Waals surface area (Å²) in [6.07, 6.45) is 1.86. The first-order valence-electron chi connectivity index (χ1n) is 8.31. The molecule has 1 nitrogen and oxygen atoms in total. The second-order valence-electron chi connectivity index (χ2n) is 7.84. The summed E-state index contributed by atoms with van der Waals surface area (Å²) in [4.78, 5) is 0. The van der Waals surface area contributed by atoms with Gasteiger partial charge >= 0.3 is 0 Å². The minimum absolute atomic E-state index is 0.199. The van der Waals surface area contributed by atoms with Gasteiger partial charge in [0.05, 0.1) is 6.10 Å². The highest BCUT2D eigenvalue weighted by Gasteiger charge is 2.50. The van der Waals surface area contributed by atoms with E-state index in [2.05, 4.69) is 83.2 Å². The molecule has 0 fully saturated rings. The van der Waals surface area contributed by atoms with Gasteiger partial charge in [0.1, 0.15) is 0 Å². The number of rotatable bonds is 2. The number of aliphatic hydroxyl groups excluding tert-OH is 1. The first-order valence-corrected chi connectivity index (χ1v) is 8.31. The molecule has 1 aliphatic carbocycles. The lowest BCUT2D eigenvalue weighted by Crippen LogP contribution is -2.39.